The predicted molar refractivity (Wildman–Crippen MR) is 83.9 cm³/mol. The van der Waals surface area contributed by atoms with Crippen molar-refractivity contribution < 1.29 is 14.3 Å². The maximum Gasteiger partial charge on any atom is 0.410 e. The fourth-order valence-electron chi connectivity index (χ4n) is 2.49. The second-order valence-electron chi connectivity index (χ2n) is 6.37. The Morgan fingerprint density at radius 2 is 2.09 bits per heavy atom. The third-order valence-corrected chi connectivity index (χ3v) is 3.47. The van der Waals surface area contributed by atoms with Crippen molar-refractivity contribution in [2.24, 2.45) is 0 Å². The van der Waals surface area contributed by atoms with E-state index in [0.29, 0.717) is 19.7 Å². The zero-order valence-corrected chi connectivity index (χ0v) is 13.1. The molecule has 1 amide bonds. The van der Waals surface area contributed by atoms with Gasteiger partial charge in [-0.05, 0) is 26.8 Å². The molecular formula is C17H20N2O3. The highest BCUT2D eigenvalue weighted by molar-refractivity contribution is 5.84. The summed E-state index contributed by atoms with van der Waals surface area (Å²) < 4.78 is 11.2. The molecule has 3 rings (SSSR count). The molecule has 0 unspecified atom stereocenters. The fraction of sp³-hybridized carbons (Fsp3) is 0.412. The van der Waals surface area contributed by atoms with Crippen LogP contribution in [0.4, 0.5) is 4.79 Å². The first-order valence-corrected chi connectivity index (χ1v) is 7.41. The van der Waals surface area contributed by atoms with Gasteiger partial charge in [-0.15, -0.1) is 0 Å². The SMILES string of the molecule is CC(C)(C)OC(=O)N1CCOc2cnc3ccccc3c2C1. The molecule has 5 heteroatoms. The summed E-state index contributed by atoms with van der Waals surface area (Å²) in [6.07, 6.45) is 1.42. The van der Waals surface area contributed by atoms with Crippen LogP contribution >= 0.6 is 0 Å². The van der Waals surface area contributed by atoms with E-state index in [0.717, 1.165) is 22.2 Å². The number of ether oxygens (including phenoxy) is 2. The Bertz CT molecular complexity index is 707. The van der Waals surface area contributed by atoms with Gasteiger partial charge in [-0.1, -0.05) is 18.2 Å². The Balaban J connectivity index is 1.94. The minimum Gasteiger partial charge on any atom is -0.490 e. The number of aromatic nitrogens is 1. The van der Waals surface area contributed by atoms with Crippen LogP contribution in [0.1, 0.15) is 26.3 Å². The zero-order valence-electron chi connectivity index (χ0n) is 13.1. The van der Waals surface area contributed by atoms with E-state index in [2.05, 4.69) is 4.98 Å². The van der Waals surface area contributed by atoms with Gasteiger partial charge in [0.1, 0.15) is 18.0 Å². The van der Waals surface area contributed by atoms with Crippen LogP contribution in [0.5, 0.6) is 5.75 Å². The third-order valence-electron chi connectivity index (χ3n) is 3.47. The maximum atomic E-state index is 12.3. The topological polar surface area (TPSA) is 51.7 Å². The summed E-state index contributed by atoms with van der Waals surface area (Å²) in [5.41, 5.74) is 1.37. The van der Waals surface area contributed by atoms with Crippen LogP contribution < -0.4 is 4.74 Å². The highest BCUT2D eigenvalue weighted by Gasteiger charge is 2.26. The van der Waals surface area contributed by atoms with E-state index in [-0.39, 0.29) is 6.09 Å². The molecule has 5 nitrogen and oxygen atoms in total. The Morgan fingerprint density at radius 3 is 2.86 bits per heavy atom. The predicted octanol–water partition coefficient (Wildman–Crippen LogP) is 3.36. The van der Waals surface area contributed by atoms with Crippen molar-refractivity contribution in [3.63, 3.8) is 0 Å². The Labute approximate surface area is 129 Å². The number of rotatable bonds is 0. The van der Waals surface area contributed by atoms with Crippen molar-refractivity contribution in [1.82, 2.24) is 9.88 Å². The van der Waals surface area contributed by atoms with Gasteiger partial charge >= 0.3 is 6.09 Å². The Kier molecular flexibility index (Phi) is 3.64. The van der Waals surface area contributed by atoms with Gasteiger partial charge in [0.15, 0.2) is 0 Å². The summed E-state index contributed by atoms with van der Waals surface area (Å²) in [4.78, 5) is 18.4. The molecule has 2 heterocycles. The minimum absolute atomic E-state index is 0.315. The van der Waals surface area contributed by atoms with Gasteiger partial charge in [0.25, 0.3) is 0 Å². The number of hydrogen-bond acceptors (Lipinski definition) is 4. The normalized spacial score (nSPS) is 15.0. The molecule has 0 radical (unpaired) electrons. The lowest BCUT2D eigenvalue weighted by Crippen LogP contribution is -2.37. The number of amides is 1. The van der Waals surface area contributed by atoms with E-state index in [1.807, 2.05) is 45.0 Å². The highest BCUT2D eigenvalue weighted by Crippen LogP contribution is 2.29. The molecule has 0 saturated heterocycles. The van der Waals surface area contributed by atoms with Crippen LogP contribution in [0.15, 0.2) is 30.5 Å². The molecule has 2 aromatic rings. The van der Waals surface area contributed by atoms with Gasteiger partial charge in [0.2, 0.25) is 0 Å². The van der Waals surface area contributed by atoms with Crippen LogP contribution in [0.3, 0.4) is 0 Å². The van der Waals surface area contributed by atoms with E-state index in [9.17, 15) is 4.79 Å². The summed E-state index contributed by atoms with van der Waals surface area (Å²) in [7, 11) is 0. The highest BCUT2D eigenvalue weighted by atomic mass is 16.6. The monoisotopic (exact) mass is 300 g/mol. The molecule has 0 spiro atoms. The summed E-state index contributed by atoms with van der Waals surface area (Å²) in [6, 6.07) is 7.87. The van der Waals surface area contributed by atoms with E-state index >= 15 is 0 Å². The van der Waals surface area contributed by atoms with Crippen LogP contribution in [0.2, 0.25) is 0 Å². The van der Waals surface area contributed by atoms with Crippen LogP contribution in [-0.4, -0.2) is 34.7 Å². The third kappa shape index (κ3) is 2.98. The summed E-state index contributed by atoms with van der Waals surface area (Å²) in [6.45, 7) is 7.00. The lowest BCUT2D eigenvalue weighted by atomic mass is 10.1. The summed E-state index contributed by atoms with van der Waals surface area (Å²) >= 11 is 0. The van der Waals surface area contributed by atoms with Gasteiger partial charge in [0.05, 0.1) is 24.8 Å². The molecular weight excluding hydrogens is 280 g/mol. The van der Waals surface area contributed by atoms with Crippen molar-refractivity contribution in [2.75, 3.05) is 13.2 Å². The van der Waals surface area contributed by atoms with Crippen molar-refractivity contribution in [1.29, 1.82) is 0 Å². The van der Waals surface area contributed by atoms with Gasteiger partial charge < -0.3 is 14.4 Å². The van der Waals surface area contributed by atoms with Gasteiger partial charge in [0, 0.05) is 10.9 Å². The van der Waals surface area contributed by atoms with E-state index in [4.69, 9.17) is 9.47 Å². The first kappa shape index (κ1) is 14.6. The largest absolute Gasteiger partial charge is 0.490 e. The maximum absolute atomic E-state index is 12.3. The van der Waals surface area contributed by atoms with Gasteiger partial charge in [-0.25, -0.2) is 4.79 Å². The molecule has 116 valence electrons. The number of pyridine rings is 1. The molecule has 1 aromatic heterocycles. The zero-order chi connectivity index (χ0) is 15.7. The van der Waals surface area contributed by atoms with Crippen molar-refractivity contribution in [3.05, 3.63) is 36.0 Å². The number of benzene rings is 1. The molecule has 0 aliphatic carbocycles. The van der Waals surface area contributed by atoms with Crippen molar-refractivity contribution in [2.45, 2.75) is 32.9 Å². The number of carbonyl (C=O) groups excluding carboxylic acids is 1. The van der Waals surface area contributed by atoms with E-state index in [1.165, 1.54) is 0 Å². The molecule has 0 saturated carbocycles. The fourth-order valence-corrected chi connectivity index (χ4v) is 2.49. The second kappa shape index (κ2) is 5.48. The van der Waals surface area contributed by atoms with E-state index < -0.39 is 5.60 Å². The lowest BCUT2D eigenvalue weighted by Gasteiger charge is -2.26. The molecule has 22 heavy (non-hydrogen) atoms. The quantitative estimate of drug-likeness (QED) is 0.748. The average molecular weight is 300 g/mol. The molecule has 0 bridgehead atoms. The second-order valence-corrected chi connectivity index (χ2v) is 6.37. The van der Waals surface area contributed by atoms with Crippen LogP contribution in [0, 0.1) is 0 Å². The number of para-hydroxylation sites is 1. The molecule has 1 aromatic carbocycles. The molecule has 0 N–H and O–H groups in total. The van der Waals surface area contributed by atoms with E-state index in [1.54, 1.807) is 11.1 Å². The first-order chi connectivity index (χ1) is 10.4. The number of carbonyl (C=O) groups is 1. The minimum atomic E-state index is -0.507. The van der Waals surface area contributed by atoms with Gasteiger partial charge in [-0.2, -0.15) is 0 Å². The van der Waals surface area contributed by atoms with Crippen molar-refractivity contribution in [3.8, 4) is 5.75 Å². The van der Waals surface area contributed by atoms with Gasteiger partial charge in [-0.3, -0.25) is 4.98 Å². The molecule has 1 aliphatic rings. The summed E-state index contributed by atoms with van der Waals surface area (Å²) in [5.74, 6) is 0.741. The number of fused-ring (bicyclic) bond motifs is 3. The van der Waals surface area contributed by atoms with Crippen LogP contribution in [-0.2, 0) is 11.3 Å². The molecule has 1 aliphatic heterocycles. The molecule has 0 fully saturated rings. The Morgan fingerprint density at radius 1 is 1.32 bits per heavy atom. The number of hydrogen-bond donors (Lipinski definition) is 0. The van der Waals surface area contributed by atoms with Crippen molar-refractivity contribution >= 4 is 17.0 Å². The average Bonchev–Trinajstić information content (AvgIpc) is 2.68. The first-order valence-electron chi connectivity index (χ1n) is 7.41. The summed E-state index contributed by atoms with van der Waals surface area (Å²) in [5, 5.41) is 1.01. The Hall–Kier alpha value is -2.30. The lowest BCUT2D eigenvalue weighted by molar-refractivity contribution is 0.0226. The standard InChI is InChI=1S/C17H20N2O3/c1-17(2,3)22-16(20)19-8-9-21-15-10-18-14-7-5-4-6-12(14)13(15)11-19/h4-7,10H,8-9,11H2,1-3H3. The molecule has 0 atom stereocenters. The number of nitrogens with zero attached hydrogens (tertiary/aromatic N) is 2. The smallest absolute Gasteiger partial charge is 0.410 e. The van der Waals surface area contributed by atoms with Crippen LogP contribution in [0.25, 0.3) is 10.9 Å².